The molecule has 2 N–H and O–H groups in total. The van der Waals surface area contributed by atoms with E-state index >= 15 is 0 Å². The van der Waals surface area contributed by atoms with Gasteiger partial charge in [-0.2, -0.15) is 13.2 Å². The second-order valence-corrected chi connectivity index (χ2v) is 7.71. The Balaban J connectivity index is 1.95. The molecule has 0 saturated carbocycles. The zero-order valence-electron chi connectivity index (χ0n) is 18.1. The lowest BCUT2D eigenvalue weighted by Crippen LogP contribution is -2.46. The van der Waals surface area contributed by atoms with Crippen LogP contribution in [0.2, 0.25) is 0 Å². The minimum absolute atomic E-state index is 0.0673. The van der Waals surface area contributed by atoms with Crippen molar-refractivity contribution in [2.75, 3.05) is 18.0 Å². The Morgan fingerprint density at radius 1 is 1.17 bits per heavy atom. The first kappa shape index (κ1) is 24.1. The molecule has 0 radical (unpaired) electrons. The summed E-state index contributed by atoms with van der Waals surface area (Å²) in [6.45, 7) is 1.77. The summed E-state index contributed by atoms with van der Waals surface area (Å²) in [6, 6.07) is 2.72. The van der Waals surface area contributed by atoms with Gasteiger partial charge in [0, 0.05) is 19.3 Å². The molecule has 3 heterocycles. The lowest BCUT2D eigenvalue weighted by Gasteiger charge is -2.21. The van der Waals surface area contributed by atoms with Gasteiger partial charge in [-0.1, -0.05) is 13.0 Å². The number of fused-ring (bicyclic) bond motifs is 1. The Morgan fingerprint density at radius 2 is 1.86 bits per heavy atom. The first-order valence-electron chi connectivity index (χ1n) is 10.5. The van der Waals surface area contributed by atoms with Crippen LogP contribution in [0.4, 0.5) is 32.6 Å². The van der Waals surface area contributed by atoms with E-state index in [0.717, 1.165) is 29.0 Å². The minimum Gasteiger partial charge on any atom is -0.340 e. The monoisotopic (exact) mass is 495 g/mol. The van der Waals surface area contributed by atoms with Crippen LogP contribution < -0.4 is 21.0 Å². The van der Waals surface area contributed by atoms with Crippen molar-refractivity contribution in [3.63, 3.8) is 0 Å². The molecule has 1 saturated heterocycles. The average Bonchev–Trinajstić information content (AvgIpc) is 3.23. The van der Waals surface area contributed by atoms with Gasteiger partial charge < -0.3 is 10.6 Å². The molecule has 1 unspecified atom stereocenters. The largest absolute Gasteiger partial charge is 0.408 e. The molecular weight excluding hydrogens is 477 g/mol. The van der Waals surface area contributed by atoms with E-state index in [1.807, 2.05) is 0 Å². The number of hydrogen-bond donors (Lipinski definition) is 2. The SMILES string of the molecule is CCC(NC(=O)c1cn(-c2c(F)cccc2F)c2nc(N3CCNC3=O)ccc2c1=O)C(F)(F)F. The Morgan fingerprint density at radius 3 is 2.43 bits per heavy atom. The second-order valence-electron chi connectivity index (χ2n) is 7.71. The summed E-state index contributed by atoms with van der Waals surface area (Å²) < 4.78 is 69.7. The van der Waals surface area contributed by atoms with Crippen molar-refractivity contribution in [3.05, 3.63) is 63.9 Å². The highest BCUT2D eigenvalue weighted by molar-refractivity contribution is 5.98. The van der Waals surface area contributed by atoms with Gasteiger partial charge in [-0.25, -0.2) is 18.6 Å². The number of rotatable bonds is 5. The van der Waals surface area contributed by atoms with Gasteiger partial charge >= 0.3 is 12.2 Å². The molecule has 3 aromatic rings. The molecule has 1 aromatic carbocycles. The Bertz CT molecular complexity index is 1370. The molecular formula is C22H18F5N5O3. The van der Waals surface area contributed by atoms with Crippen LogP contribution in [0.1, 0.15) is 23.7 Å². The Hall–Kier alpha value is -4.03. The molecule has 4 rings (SSSR count). The number of nitrogens with zero attached hydrogens (tertiary/aromatic N) is 3. The molecule has 13 heteroatoms. The highest BCUT2D eigenvalue weighted by atomic mass is 19.4. The number of aromatic nitrogens is 2. The lowest BCUT2D eigenvalue weighted by molar-refractivity contribution is -0.153. The van der Waals surface area contributed by atoms with Gasteiger partial charge in [0.25, 0.3) is 5.91 Å². The Labute approximate surface area is 194 Å². The van der Waals surface area contributed by atoms with Crippen molar-refractivity contribution in [1.82, 2.24) is 20.2 Å². The molecule has 3 amide bonds. The van der Waals surface area contributed by atoms with Gasteiger partial charge in [0.2, 0.25) is 5.43 Å². The number of carbonyl (C=O) groups is 2. The van der Waals surface area contributed by atoms with Crippen LogP contribution in [0.25, 0.3) is 16.7 Å². The van der Waals surface area contributed by atoms with E-state index in [9.17, 15) is 36.3 Å². The number of pyridine rings is 2. The quantitative estimate of drug-likeness (QED) is 0.532. The predicted molar refractivity (Wildman–Crippen MR) is 116 cm³/mol. The summed E-state index contributed by atoms with van der Waals surface area (Å²) in [5.74, 6) is -3.45. The molecule has 1 atom stereocenters. The lowest BCUT2D eigenvalue weighted by atomic mass is 10.1. The van der Waals surface area contributed by atoms with E-state index in [2.05, 4.69) is 10.3 Å². The standard InChI is InChI=1S/C22H18F5N5O3/c1-2-15(22(25,26)27)29-20(34)12-10-32(17-13(23)4-3-5-14(17)24)19-11(18(12)33)6-7-16(30-19)31-9-8-28-21(31)35/h3-7,10,15H,2,8-9H2,1H3,(H,28,35)(H,29,34). The highest BCUT2D eigenvalue weighted by Gasteiger charge is 2.39. The Kier molecular flexibility index (Phi) is 6.17. The first-order chi connectivity index (χ1) is 16.5. The van der Waals surface area contributed by atoms with Crippen LogP contribution in [0.3, 0.4) is 0 Å². The van der Waals surface area contributed by atoms with Gasteiger partial charge in [-0.05, 0) is 30.7 Å². The topological polar surface area (TPSA) is 96.3 Å². The van der Waals surface area contributed by atoms with Crippen LogP contribution in [0.5, 0.6) is 0 Å². The number of urea groups is 1. The maximum atomic E-state index is 14.7. The number of hydrogen-bond acceptors (Lipinski definition) is 4. The fraction of sp³-hybridized carbons (Fsp3) is 0.273. The number of halogens is 5. The van der Waals surface area contributed by atoms with Crippen molar-refractivity contribution in [3.8, 4) is 5.69 Å². The summed E-state index contributed by atoms with van der Waals surface area (Å²) in [6.07, 6.45) is -4.53. The van der Waals surface area contributed by atoms with Gasteiger partial charge in [0.15, 0.2) is 5.65 Å². The molecule has 1 aliphatic heterocycles. The van der Waals surface area contributed by atoms with Gasteiger partial charge in [-0.3, -0.25) is 19.1 Å². The van der Waals surface area contributed by atoms with Crippen molar-refractivity contribution < 1.29 is 31.5 Å². The van der Waals surface area contributed by atoms with E-state index in [-0.39, 0.29) is 23.4 Å². The van der Waals surface area contributed by atoms with Crippen molar-refractivity contribution in [2.45, 2.75) is 25.6 Å². The summed E-state index contributed by atoms with van der Waals surface area (Å²) in [5.41, 5.74) is -2.76. The van der Waals surface area contributed by atoms with E-state index in [0.29, 0.717) is 6.54 Å². The number of amides is 3. The van der Waals surface area contributed by atoms with Gasteiger partial charge in [0.05, 0.1) is 5.39 Å². The van der Waals surface area contributed by atoms with Gasteiger partial charge in [-0.15, -0.1) is 0 Å². The van der Waals surface area contributed by atoms with E-state index in [1.54, 1.807) is 5.32 Å². The third kappa shape index (κ3) is 4.40. The first-order valence-corrected chi connectivity index (χ1v) is 10.5. The molecule has 1 fully saturated rings. The number of para-hydroxylation sites is 1. The number of benzene rings is 1. The average molecular weight is 495 g/mol. The maximum Gasteiger partial charge on any atom is 0.408 e. The van der Waals surface area contributed by atoms with E-state index in [1.165, 1.54) is 24.0 Å². The van der Waals surface area contributed by atoms with Crippen molar-refractivity contribution >= 4 is 28.8 Å². The van der Waals surface area contributed by atoms with Crippen LogP contribution in [0, 0.1) is 11.6 Å². The normalized spacial score (nSPS) is 14.8. The molecule has 35 heavy (non-hydrogen) atoms. The summed E-state index contributed by atoms with van der Waals surface area (Å²) in [7, 11) is 0. The number of carbonyl (C=O) groups excluding carboxylic acids is 2. The van der Waals surface area contributed by atoms with E-state index < -0.39 is 58.9 Å². The summed E-state index contributed by atoms with van der Waals surface area (Å²) in [4.78, 5) is 43.3. The second kappa shape index (κ2) is 8.96. The fourth-order valence-electron chi connectivity index (χ4n) is 3.74. The molecule has 0 aliphatic carbocycles. The smallest absolute Gasteiger partial charge is 0.340 e. The minimum atomic E-state index is -4.77. The van der Waals surface area contributed by atoms with Crippen LogP contribution in [-0.2, 0) is 0 Å². The van der Waals surface area contributed by atoms with Crippen molar-refractivity contribution in [1.29, 1.82) is 0 Å². The summed E-state index contributed by atoms with van der Waals surface area (Å²) in [5, 5.41) is 4.03. The molecule has 0 spiro atoms. The fourth-order valence-corrected chi connectivity index (χ4v) is 3.74. The molecule has 1 aliphatic rings. The summed E-state index contributed by atoms with van der Waals surface area (Å²) >= 11 is 0. The molecule has 2 aromatic heterocycles. The number of alkyl halides is 3. The molecule has 8 nitrogen and oxygen atoms in total. The number of nitrogens with one attached hydrogen (secondary N) is 2. The van der Waals surface area contributed by atoms with Crippen molar-refractivity contribution in [2.24, 2.45) is 0 Å². The van der Waals surface area contributed by atoms with Gasteiger partial charge in [0.1, 0.15) is 34.7 Å². The zero-order chi connectivity index (χ0) is 25.5. The van der Waals surface area contributed by atoms with Crippen LogP contribution in [-0.4, -0.2) is 46.8 Å². The third-order valence-electron chi connectivity index (χ3n) is 5.50. The molecule has 0 bridgehead atoms. The predicted octanol–water partition coefficient (Wildman–Crippen LogP) is 3.26. The third-order valence-corrected chi connectivity index (χ3v) is 5.50. The number of anilines is 1. The van der Waals surface area contributed by atoms with Crippen LogP contribution >= 0.6 is 0 Å². The van der Waals surface area contributed by atoms with Crippen LogP contribution in [0.15, 0.2) is 41.3 Å². The van der Waals surface area contributed by atoms with E-state index in [4.69, 9.17) is 0 Å². The zero-order valence-corrected chi connectivity index (χ0v) is 18.1. The maximum absolute atomic E-state index is 14.7. The molecule has 184 valence electrons. The highest BCUT2D eigenvalue weighted by Crippen LogP contribution is 2.26.